The number of hydrogen-bond acceptors (Lipinski definition) is 6. The largest absolute Gasteiger partial charge is 0.316 e. The Kier molecular flexibility index (Phi) is 5.49. The zero-order valence-electron chi connectivity index (χ0n) is 10.0. The topological polar surface area (TPSA) is 96.8 Å². The molecular weight excluding hydrogens is 222 g/mol. The summed E-state index contributed by atoms with van der Waals surface area (Å²) in [6.07, 6.45) is 0. The van der Waals surface area contributed by atoms with Crippen LogP contribution in [0.4, 0.5) is 0 Å². The highest BCUT2D eigenvalue weighted by molar-refractivity contribution is 5.45. The predicted molar refractivity (Wildman–Crippen MR) is 61.8 cm³/mol. The van der Waals surface area contributed by atoms with Crippen LogP contribution >= 0.6 is 0 Å². The van der Waals surface area contributed by atoms with Crippen molar-refractivity contribution in [1.82, 2.24) is 16.4 Å². The zero-order valence-corrected chi connectivity index (χ0v) is 10.0. The van der Waals surface area contributed by atoms with Gasteiger partial charge in [0, 0.05) is 19.6 Å². The van der Waals surface area contributed by atoms with E-state index in [1.54, 1.807) is 0 Å². The Morgan fingerprint density at radius 1 is 0.882 bits per heavy atom. The van der Waals surface area contributed by atoms with Gasteiger partial charge < -0.3 is 15.6 Å². The molecule has 0 aliphatic heterocycles. The van der Waals surface area contributed by atoms with Crippen molar-refractivity contribution in [1.29, 1.82) is 0 Å². The highest BCUT2D eigenvalue weighted by atomic mass is 16.5. The first kappa shape index (κ1) is 14.0. The van der Waals surface area contributed by atoms with E-state index in [1.807, 2.05) is 19.9 Å². The highest BCUT2D eigenvalue weighted by Gasteiger charge is 2.12. The molecule has 0 aliphatic carbocycles. The van der Waals surface area contributed by atoms with E-state index < -0.39 is 0 Å². The van der Waals surface area contributed by atoms with Gasteiger partial charge in [-0.2, -0.15) is 0 Å². The lowest BCUT2D eigenvalue weighted by molar-refractivity contribution is 0.153. The summed E-state index contributed by atoms with van der Waals surface area (Å²) in [7, 11) is 0. The van der Waals surface area contributed by atoms with E-state index in [2.05, 4.69) is 16.4 Å². The van der Waals surface area contributed by atoms with Crippen LogP contribution in [0.3, 0.4) is 0 Å². The smallest absolute Gasteiger partial charge is 0.0464 e. The molecule has 0 atom stereocenters. The van der Waals surface area contributed by atoms with Crippen molar-refractivity contribution in [2.75, 3.05) is 0 Å². The molecule has 96 valence electrons. The number of nitrogens with one attached hydrogen (secondary N) is 3. The lowest BCUT2D eigenvalue weighted by atomic mass is 9.92. The molecule has 0 saturated carbocycles. The molecule has 1 aromatic rings. The fourth-order valence-electron chi connectivity index (χ4n) is 2.03. The second-order valence-corrected chi connectivity index (χ2v) is 3.94. The molecule has 1 aromatic carbocycles. The molecule has 0 saturated heterocycles. The molecule has 0 spiro atoms. The van der Waals surface area contributed by atoms with Crippen molar-refractivity contribution in [3.63, 3.8) is 0 Å². The number of rotatable bonds is 6. The standard InChI is InChI=1S/C11H19N3O3/c1-7-3-9(4-12-15)8(2)11(6-14-17)10(7)5-13-16/h3,12-17H,4-6H2,1-2H3. The van der Waals surface area contributed by atoms with Gasteiger partial charge in [0.05, 0.1) is 0 Å². The van der Waals surface area contributed by atoms with E-state index in [1.165, 1.54) is 0 Å². The Bertz CT molecular complexity index is 383. The number of hydroxylamine groups is 3. The van der Waals surface area contributed by atoms with Crippen LogP contribution in [0.25, 0.3) is 0 Å². The van der Waals surface area contributed by atoms with Crippen LogP contribution in [0.15, 0.2) is 6.07 Å². The Morgan fingerprint density at radius 3 is 1.94 bits per heavy atom. The molecule has 0 aliphatic rings. The van der Waals surface area contributed by atoms with Crippen LogP contribution in [-0.4, -0.2) is 15.6 Å². The van der Waals surface area contributed by atoms with Crippen LogP contribution in [0, 0.1) is 13.8 Å². The van der Waals surface area contributed by atoms with E-state index >= 15 is 0 Å². The van der Waals surface area contributed by atoms with Crippen molar-refractivity contribution in [2.24, 2.45) is 0 Å². The van der Waals surface area contributed by atoms with Crippen molar-refractivity contribution in [3.8, 4) is 0 Å². The molecule has 6 N–H and O–H groups in total. The average Bonchev–Trinajstić information content (AvgIpc) is 2.30. The first-order chi connectivity index (χ1) is 8.15. The van der Waals surface area contributed by atoms with Crippen molar-refractivity contribution in [3.05, 3.63) is 33.9 Å². The van der Waals surface area contributed by atoms with E-state index in [4.69, 9.17) is 15.6 Å². The van der Waals surface area contributed by atoms with Crippen LogP contribution in [0.1, 0.15) is 27.8 Å². The van der Waals surface area contributed by atoms with Crippen molar-refractivity contribution < 1.29 is 15.6 Å². The summed E-state index contributed by atoms with van der Waals surface area (Å²) in [5.74, 6) is 0. The van der Waals surface area contributed by atoms with E-state index in [-0.39, 0.29) is 0 Å². The van der Waals surface area contributed by atoms with E-state index in [0.717, 1.165) is 27.8 Å². The Balaban J connectivity index is 3.25. The zero-order chi connectivity index (χ0) is 12.8. The molecule has 0 amide bonds. The minimum Gasteiger partial charge on any atom is -0.316 e. The van der Waals surface area contributed by atoms with Crippen molar-refractivity contribution >= 4 is 0 Å². The average molecular weight is 241 g/mol. The normalized spacial score (nSPS) is 10.9. The molecule has 0 bridgehead atoms. The quantitative estimate of drug-likeness (QED) is 0.411. The monoisotopic (exact) mass is 241 g/mol. The molecule has 1 rings (SSSR count). The first-order valence-electron chi connectivity index (χ1n) is 5.37. The Morgan fingerprint density at radius 2 is 1.41 bits per heavy atom. The SMILES string of the molecule is Cc1cc(CNO)c(C)c(CNO)c1CNO. The summed E-state index contributed by atoms with van der Waals surface area (Å²) in [4.78, 5) is 0. The van der Waals surface area contributed by atoms with E-state index in [9.17, 15) is 0 Å². The first-order valence-corrected chi connectivity index (χ1v) is 5.37. The maximum Gasteiger partial charge on any atom is 0.0464 e. The molecule has 0 heterocycles. The predicted octanol–water partition coefficient (Wildman–Crippen LogP) is 0.740. The van der Waals surface area contributed by atoms with E-state index in [0.29, 0.717) is 19.6 Å². The Labute approximate surface area is 100 Å². The summed E-state index contributed by atoms with van der Waals surface area (Å²) in [6.45, 7) is 4.80. The Hall–Kier alpha value is -1.02. The molecule has 0 fully saturated rings. The maximum atomic E-state index is 8.85. The summed E-state index contributed by atoms with van der Waals surface area (Å²) in [5.41, 5.74) is 11.2. The van der Waals surface area contributed by atoms with Crippen molar-refractivity contribution in [2.45, 2.75) is 33.5 Å². The maximum absolute atomic E-state index is 8.85. The molecule has 17 heavy (non-hydrogen) atoms. The lowest BCUT2D eigenvalue weighted by Crippen LogP contribution is -2.18. The number of hydrogen-bond donors (Lipinski definition) is 6. The fraction of sp³-hybridized carbons (Fsp3) is 0.455. The molecular formula is C11H19N3O3. The van der Waals surface area contributed by atoms with Gasteiger partial charge in [0.15, 0.2) is 0 Å². The van der Waals surface area contributed by atoms with Gasteiger partial charge >= 0.3 is 0 Å². The summed E-state index contributed by atoms with van der Waals surface area (Å²) < 4.78 is 0. The summed E-state index contributed by atoms with van der Waals surface area (Å²) in [6, 6.07) is 1.95. The summed E-state index contributed by atoms with van der Waals surface area (Å²) >= 11 is 0. The third-order valence-electron chi connectivity index (χ3n) is 2.95. The molecule has 6 nitrogen and oxygen atoms in total. The molecule has 0 unspecified atom stereocenters. The van der Waals surface area contributed by atoms with Crippen LogP contribution in [-0.2, 0) is 19.6 Å². The van der Waals surface area contributed by atoms with Gasteiger partial charge in [-0.05, 0) is 41.7 Å². The van der Waals surface area contributed by atoms with Crippen LogP contribution in [0.2, 0.25) is 0 Å². The molecule has 6 heteroatoms. The minimum atomic E-state index is 0.295. The van der Waals surface area contributed by atoms with Gasteiger partial charge in [-0.15, -0.1) is 0 Å². The third kappa shape index (κ3) is 3.22. The fourth-order valence-corrected chi connectivity index (χ4v) is 2.03. The third-order valence-corrected chi connectivity index (χ3v) is 2.95. The van der Waals surface area contributed by atoms with Gasteiger partial charge in [-0.25, -0.2) is 16.4 Å². The summed E-state index contributed by atoms with van der Waals surface area (Å²) in [5, 5.41) is 26.4. The molecule has 0 aromatic heterocycles. The number of benzene rings is 1. The van der Waals surface area contributed by atoms with Gasteiger partial charge in [-0.1, -0.05) is 6.07 Å². The highest BCUT2D eigenvalue weighted by Crippen LogP contribution is 2.23. The second-order valence-electron chi connectivity index (χ2n) is 3.94. The molecule has 0 radical (unpaired) electrons. The van der Waals surface area contributed by atoms with Gasteiger partial charge in [-0.3, -0.25) is 0 Å². The minimum absolute atomic E-state index is 0.295. The number of aryl methyl sites for hydroxylation is 1. The second kappa shape index (κ2) is 6.65. The lowest BCUT2D eigenvalue weighted by Gasteiger charge is -2.18. The van der Waals surface area contributed by atoms with Gasteiger partial charge in [0.2, 0.25) is 0 Å². The van der Waals surface area contributed by atoms with Crippen LogP contribution in [0.5, 0.6) is 0 Å². The van der Waals surface area contributed by atoms with Crippen LogP contribution < -0.4 is 16.4 Å². The van der Waals surface area contributed by atoms with Gasteiger partial charge in [0.25, 0.3) is 0 Å². The van der Waals surface area contributed by atoms with Gasteiger partial charge in [0.1, 0.15) is 0 Å².